The van der Waals surface area contributed by atoms with Gasteiger partial charge in [0.15, 0.2) is 0 Å². The molecule has 1 fully saturated rings. The first-order valence-electron chi connectivity index (χ1n) is 7.97. The zero-order valence-corrected chi connectivity index (χ0v) is 13.0. The van der Waals surface area contributed by atoms with E-state index < -0.39 is 0 Å². The molecular formula is C18H24N2O. The van der Waals surface area contributed by atoms with Gasteiger partial charge in [0.2, 0.25) is 5.91 Å². The highest BCUT2D eigenvalue weighted by Gasteiger charge is 2.51. The molecule has 0 bridgehead atoms. The first kappa shape index (κ1) is 14.3. The molecule has 112 valence electrons. The van der Waals surface area contributed by atoms with E-state index in [0.717, 1.165) is 44.6 Å². The highest BCUT2D eigenvalue weighted by atomic mass is 16.2. The van der Waals surface area contributed by atoms with E-state index in [2.05, 4.69) is 43.4 Å². The van der Waals surface area contributed by atoms with Crippen molar-refractivity contribution in [1.82, 2.24) is 5.32 Å². The fourth-order valence-corrected chi connectivity index (χ4v) is 3.51. The largest absolute Gasteiger partial charge is 0.315 e. The van der Waals surface area contributed by atoms with Gasteiger partial charge in [-0.1, -0.05) is 36.8 Å². The summed E-state index contributed by atoms with van der Waals surface area (Å²) >= 11 is 0. The van der Waals surface area contributed by atoms with Crippen molar-refractivity contribution in [3.63, 3.8) is 0 Å². The first-order valence-corrected chi connectivity index (χ1v) is 7.97. The quantitative estimate of drug-likeness (QED) is 0.862. The molecule has 1 unspecified atom stereocenters. The molecule has 1 saturated heterocycles. The lowest BCUT2D eigenvalue weighted by Crippen LogP contribution is -2.42. The number of rotatable bonds is 4. The van der Waals surface area contributed by atoms with Gasteiger partial charge in [-0.2, -0.15) is 0 Å². The van der Waals surface area contributed by atoms with Crippen molar-refractivity contribution in [3.05, 3.63) is 41.5 Å². The van der Waals surface area contributed by atoms with Gasteiger partial charge in [-0.3, -0.25) is 4.79 Å². The Balaban J connectivity index is 1.87. The van der Waals surface area contributed by atoms with Crippen molar-refractivity contribution in [1.29, 1.82) is 0 Å². The summed E-state index contributed by atoms with van der Waals surface area (Å²) in [6.45, 7) is 6.82. The summed E-state index contributed by atoms with van der Waals surface area (Å²) in [5.41, 5.74) is 3.43. The number of allylic oxidation sites excluding steroid dienone is 1. The maximum atomic E-state index is 13.0. The maximum Gasteiger partial charge on any atom is 0.239 e. The Morgan fingerprint density at radius 1 is 1.43 bits per heavy atom. The molecule has 0 saturated carbocycles. The van der Waals surface area contributed by atoms with Gasteiger partial charge < -0.3 is 10.2 Å². The van der Waals surface area contributed by atoms with Gasteiger partial charge in [-0.05, 0) is 44.4 Å². The number of carbonyl (C=O) groups is 1. The van der Waals surface area contributed by atoms with Gasteiger partial charge in [0, 0.05) is 18.8 Å². The second-order valence-corrected chi connectivity index (χ2v) is 6.18. The monoisotopic (exact) mass is 284 g/mol. The molecule has 3 rings (SSSR count). The minimum atomic E-state index is -0.305. The number of fused-ring (bicyclic) bond motifs is 2. The number of nitrogens with one attached hydrogen (secondary N) is 1. The van der Waals surface area contributed by atoms with Crippen LogP contribution in [0.3, 0.4) is 0 Å². The number of para-hydroxylation sites is 1. The summed E-state index contributed by atoms with van der Waals surface area (Å²) < 4.78 is 0. The van der Waals surface area contributed by atoms with Gasteiger partial charge in [-0.15, -0.1) is 0 Å². The lowest BCUT2D eigenvalue weighted by Gasteiger charge is -2.22. The van der Waals surface area contributed by atoms with Crippen LogP contribution in [-0.4, -0.2) is 25.5 Å². The molecular weight excluding hydrogens is 260 g/mol. The van der Waals surface area contributed by atoms with Crippen LogP contribution < -0.4 is 10.2 Å². The van der Waals surface area contributed by atoms with Crippen molar-refractivity contribution >= 4 is 11.6 Å². The second-order valence-electron chi connectivity index (χ2n) is 6.18. The maximum absolute atomic E-state index is 13.0. The standard InChI is InChI=1S/C18H24N2O/c1-3-14(2)7-6-12-20-16-9-5-4-8-15(16)18(17(20)21)10-11-19-13-18/h4-5,7-9,19H,3,6,10-13H2,1-2H3/b14-7+. The van der Waals surface area contributed by atoms with Gasteiger partial charge in [0.25, 0.3) is 0 Å². The number of hydrogen-bond acceptors (Lipinski definition) is 2. The number of nitrogens with zero attached hydrogens (tertiary/aromatic N) is 1. The Morgan fingerprint density at radius 2 is 2.24 bits per heavy atom. The summed E-state index contributed by atoms with van der Waals surface area (Å²) in [7, 11) is 0. The molecule has 0 radical (unpaired) electrons. The van der Waals surface area contributed by atoms with Crippen LogP contribution in [0.25, 0.3) is 0 Å². The zero-order chi connectivity index (χ0) is 14.9. The van der Waals surface area contributed by atoms with Crippen molar-refractivity contribution in [3.8, 4) is 0 Å². The van der Waals surface area contributed by atoms with Crippen molar-refractivity contribution in [2.75, 3.05) is 24.5 Å². The summed E-state index contributed by atoms with van der Waals surface area (Å²) in [6, 6.07) is 8.31. The lowest BCUT2D eigenvalue weighted by atomic mass is 9.81. The molecule has 2 aliphatic heterocycles. The smallest absolute Gasteiger partial charge is 0.239 e. The van der Waals surface area contributed by atoms with Gasteiger partial charge in [0.05, 0.1) is 5.41 Å². The number of hydrogen-bond donors (Lipinski definition) is 1. The molecule has 1 spiro atoms. The van der Waals surface area contributed by atoms with E-state index in [-0.39, 0.29) is 11.3 Å². The second kappa shape index (κ2) is 5.64. The van der Waals surface area contributed by atoms with Crippen LogP contribution in [0, 0.1) is 0 Å². The minimum Gasteiger partial charge on any atom is -0.315 e. The van der Waals surface area contributed by atoms with E-state index in [1.807, 2.05) is 11.0 Å². The van der Waals surface area contributed by atoms with E-state index in [4.69, 9.17) is 0 Å². The van der Waals surface area contributed by atoms with E-state index >= 15 is 0 Å². The molecule has 2 aliphatic rings. The van der Waals surface area contributed by atoms with Crippen LogP contribution in [0.5, 0.6) is 0 Å². The highest BCUT2D eigenvalue weighted by Crippen LogP contribution is 2.45. The Kier molecular flexibility index (Phi) is 3.85. The topological polar surface area (TPSA) is 32.3 Å². The van der Waals surface area contributed by atoms with Crippen molar-refractivity contribution in [2.24, 2.45) is 0 Å². The third-order valence-electron chi connectivity index (χ3n) is 4.92. The number of amides is 1. The van der Waals surface area contributed by atoms with Crippen LogP contribution in [0.1, 0.15) is 38.7 Å². The average Bonchev–Trinajstić information content (AvgIpc) is 3.08. The van der Waals surface area contributed by atoms with Crippen LogP contribution in [0.4, 0.5) is 5.69 Å². The zero-order valence-electron chi connectivity index (χ0n) is 13.0. The Hall–Kier alpha value is -1.61. The molecule has 2 heterocycles. The number of carbonyl (C=O) groups excluding carboxylic acids is 1. The predicted octanol–water partition coefficient (Wildman–Crippen LogP) is 3.01. The summed E-state index contributed by atoms with van der Waals surface area (Å²) in [5, 5.41) is 3.37. The summed E-state index contributed by atoms with van der Waals surface area (Å²) in [6.07, 6.45) is 5.19. The predicted molar refractivity (Wildman–Crippen MR) is 86.6 cm³/mol. The normalized spacial score (nSPS) is 25.0. The third-order valence-corrected chi connectivity index (χ3v) is 4.92. The minimum absolute atomic E-state index is 0.288. The molecule has 1 aromatic rings. The molecule has 1 atom stereocenters. The molecule has 1 amide bonds. The molecule has 3 heteroatoms. The van der Waals surface area contributed by atoms with Gasteiger partial charge in [0.1, 0.15) is 0 Å². The SMILES string of the molecule is CC/C(C)=C/CCN1C(=O)C2(CCNC2)c2ccccc21. The third kappa shape index (κ3) is 2.30. The van der Waals surface area contributed by atoms with Crippen LogP contribution in [-0.2, 0) is 10.2 Å². The number of anilines is 1. The van der Waals surface area contributed by atoms with E-state index in [1.54, 1.807) is 0 Å². The highest BCUT2D eigenvalue weighted by molar-refractivity contribution is 6.08. The lowest BCUT2D eigenvalue weighted by molar-refractivity contribution is -0.122. The van der Waals surface area contributed by atoms with E-state index in [9.17, 15) is 4.79 Å². The molecule has 3 nitrogen and oxygen atoms in total. The van der Waals surface area contributed by atoms with Crippen LogP contribution in [0.2, 0.25) is 0 Å². The molecule has 21 heavy (non-hydrogen) atoms. The fraction of sp³-hybridized carbons (Fsp3) is 0.500. The average molecular weight is 284 g/mol. The molecule has 0 aromatic heterocycles. The van der Waals surface area contributed by atoms with Gasteiger partial charge >= 0.3 is 0 Å². The Bertz CT molecular complexity index is 570. The molecule has 1 N–H and O–H groups in total. The Labute approximate surface area is 127 Å². The van der Waals surface area contributed by atoms with Crippen molar-refractivity contribution < 1.29 is 4.79 Å². The first-order chi connectivity index (χ1) is 10.2. The van der Waals surface area contributed by atoms with Crippen LogP contribution in [0.15, 0.2) is 35.9 Å². The fourth-order valence-electron chi connectivity index (χ4n) is 3.51. The van der Waals surface area contributed by atoms with Crippen LogP contribution >= 0.6 is 0 Å². The van der Waals surface area contributed by atoms with Gasteiger partial charge in [-0.25, -0.2) is 0 Å². The molecule has 0 aliphatic carbocycles. The Morgan fingerprint density at radius 3 is 2.95 bits per heavy atom. The number of benzene rings is 1. The van der Waals surface area contributed by atoms with E-state index in [1.165, 1.54) is 11.1 Å². The van der Waals surface area contributed by atoms with Crippen molar-refractivity contribution in [2.45, 2.75) is 38.5 Å². The molecule has 1 aromatic carbocycles. The van der Waals surface area contributed by atoms with E-state index in [0.29, 0.717) is 0 Å². The summed E-state index contributed by atoms with van der Waals surface area (Å²) in [4.78, 5) is 15.0. The summed E-state index contributed by atoms with van der Waals surface area (Å²) in [5.74, 6) is 0.288.